The first-order chi connectivity index (χ1) is 10.9. The van der Waals surface area contributed by atoms with E-state index in [1.54, 1.807) is 0 Å². The Morgan fingerprint density at radius 3 is 2.57 bits per heavy atom. The lowest BCUT2D eigenvalue weighted by Gasteiger charge is -2.10. The minimum absolute atomic E-state index is 0.0406. The highest BCUT2D eigenvalue weighted by molar-refractivity contribution is 5.94. The number of carboxylic acid groups (broad SMARTS) is 1. The quantitative estimate of drug-likeness (QED) is 0.756. The second-order valence-electron chi connectivity index (χ2n) is 5.06. The van der Waals surface area contributed by atoms with Crippen molar-refractivity contribution in [1.82, 2.24) is 0 Å². The second kappa shape index (κ2) is 6.52. The molecule has 120 valence electrons. The zero-order valence-corrected chi connectivity index (χ0v) is 12.0. The van der Waals surface area contributed by atoms with Crippen LogP contribution >= 0.6 is 0 Å². The van der Waals surface area contributed by atoms with Gasteiger partial charge in [0.1, 0.15) is 5.56 Å². The number of anilines is 1. The van der Waals surface area contributed by atoms with E-state index in [4.69, 9.17) is 11.5 Å². The van der Waals surface area contributed by atoms with E-state index in [1.807, 2.05) is 0 Å². The van der Waals surface area contributed by atoms with Gasteiger partial charge in [0.05, 0.1) is 0 Å². The third-order valence-electron chi connectivity index (χ3n) is 3.35. The lowest BCUT2D eigenvalue weighted by molar-refractivity contribution is -0.116. The number of terminal acetylenes is 1. The molecule has 0 aliphatic carbocycles. The molecule has 0 unspecified atom stereocenters. The number of carbonyl (C=O) groups is 2. The number of nitrogens with one attached hydrogen (secondary N) is 1. The normalized spacial score (nSPS) is 14.1. The summed E-state index contributed by atoms with van der Waals surface area (Å²) in [5.74, 6) is -2.46. The van der Waals surface area contributed by atoms with Crippen LogP contribution in [0.5, 0.6) is 0 Å². The van der Waals surface area contributed by atoms with Gasteiger partial charge in [-0.2, -0.15) is 10.2 Å². The van der Waals surface area contributed by atoms with Crippen LogP contribution in [-0.4, -0.2) is 22.6 Å². The summed E-state index contributed by atoms with van der Waals surface area (Å²) in [6.45, 7) is 0. The first-order valence-corrected chi connectivity index (χ1v) is 6.76. The van der Waals surface area contributed by atoms with Crippen molar-refractivity contribution >= 4 is 17.6 Å². The fourth-order valence-electron chi connectivity index (χ4n) is 2.02. The molecule has 0 bridgehead atoms. The van der Waals surface area contributed by atoms with Gasteiger partial charge in [0.2, 0.25) is 5.91 Å². The minimum Gasteiger partial charge on any atom is -0.478 e. The van der Waals surface area contributed by atoms with Crippen LogP contribution in [0.15, 0.2) is 22.4 Å². The molecule has 6 nitrogen and oxygen atoms in total. The Morgan fingerprint density at radius 1 is 1.30 bits per heavy atom. The van der Waals surface area contributed by atoms with Crippen molar-refractivity contribution in [3.8, 4) is 12.3 Å². The molecule has 1 amide bonds. The van der Waals surface area contributed by atoms with Gasteiger partial charge >= 0.3 is 5.97 Å². The SMILES string of the molecule is C#CCCC1(CCC(=O)Nc2cc(F)c(F)c(C(=O)O)c2)N=N1. The van der Waals surface area contributed by atoms with Crippen LogP contribution in [-0.2, 0) is 4.79 Å². The number of aromatic carboxylic acids is 1. The lowest BCUT2D eigenvalue weighted by Crippen LogP contribution is -2.18. The summed E-state index contributed by atoms with van der Waals surface area (Å²) in [6.07, 6.45) is 6.58. The molecule has 1 aromatic carbocycles. The van der Waals surface area contributed by atoms with Gasteiger partial charge in [-0.1, -0.05) is 0 Å². The Hall–Kier alpha value is -2.82. The summed E-state index contributed by atoms with van der Waals surface area (Å²) in [5.41, 5.74) is -1.60. The van der Waals surface area contributed by atoms with E-state index in [0.717, 1.165) is 12.1 Å². The van der Waals surface area contributed by atoms with Crippen molar-refractivity contribution in [2.45, 2.75) is 31.3 Å². The van der Waals surface area contributed by atoms with Crippen LogP contribution in [0.2, 0.25) is 0 Å². The van der Waals surface area contributed by atoms with E-state index in [-0.39, 0.29) is 12.1 Å². The molecule has 1 heterocycles. The van der Waals surface area contributed by atoms with E-state index in [1.165, 1.54) is 0 Å². The van der Waals surface area contributed by atoms with Crippen molar-refractivity contribution in [3.63, 3.8) is 0 Å². The summed E-state index contributed by atoms with van der Waals surface area (Å²) in [4.78, 5) is 22.7. The lowest BCUT2D eigenvalue weighted by atomic mass is 10.0. The van der Waals surface area contributed by atoms with Gasteiger partial charge < -0.3 is 10.4 Å². The van der Waals surface area contributed by atoms with Gasteiger partial charge in [0.15, 0.2) is 17.3 Å². The summed E-state index contributed by atoms with van der Waals surface area (Å²) < 4.78 is 26.6. The second-order valence-corrected chi connectivity index (χ2v) is 5.06. The molecule has 8 heteroatoms. The maximum absolute atomic E-state index is 13.3. The molecule has 1 aromatic rings. The highest BCUT2D eigenvalue weighted by Crippen LogP contribution is 2.37. The molecule has 0 fully saturated rings. The van der Waals surface area contributed by atoms with Gasteiger partial charge in [-0.15, -0.1) is 12.3 Å². The van der Waals surface area contributed by atoms with Crippen LogP contribution in [0, 0.1) is 24.0 Å². The number of amides is 1. The van der Waals surface area contributed by atoms with Gasteiger partial charge in [-0.3, -0.25) is 4.79 Å². The zero-order chi connectivity index (χ0) is 17.0. The van der Waals surface area contributed by atoms with Gasteiger partial charge in [-0.25, -0.2) is 13.6 Å². The summed E-state index contributed by atoms with van der Waals surface area (Å²) in [6, 6.07) is 1.58. The summed E-state index contributed by atoms with van der Waals surface area (Å²) in [7, 11) is 0. The maximum Gasteiger partial charge on any atom is 0.338 e. The van der Waals surface area contributed by atoms with Crippen molar-refractivity contribution in [1.29, 1.82) is 0 Å². The van der Waals surface area contributed by atoms with Crippen LogP contribution in [0.3, 0.4) is 0 Å². The molecule has 0 radical (unpaired) electrons. The van der Waals surface area contributed by atoms with Crippen molar-refractivity contribution in [2.24, 2.45) is 10.2 Å². The Bertz CT molecular complexity index is 719. The smallest absolute Gasteiger partial charge is 0.338 e. The molecule has 0 saturated heterocycles. The Morgan fingerprint density at radius 2 is 2.00 bits per heavy atom. The molecule has 23 heavy (non-hydrogen) atoms. The fraction of sp³-hybridized carbons (Fsp3) is 0.333. The van der Waals surface area contributed by atoms with Crippen LogP contribution < -0.4 is 5.32 Å². The number of nitrogens with zero attached hydrogens (tertiary/aromatic N) is 2. The molecule has 0 atom stereocenters. The van der Waals surface area contributed by atoms with Gasteiger partial charge in [0, 0.05) is 37.4 Å². The van der Waals surface area contributed by atoms with Crippen molar-refractivity contribution in [3.05, 3.63) is 29.3 Å². The molecule has 0 aromatic heterocycles. The van der Waals surface area contributed by atoms with Gasteiger partial charge in [0.25, 0.3) is 0 Å². The topological polar surface area (TPSA) is 91.1 Å². The van der Waals surface area contributed by atoms with E-state index >= 15 is 0 Å². The molecule has 2 rings (SSSR count). The fourth-order valence-corrected chi connectivity index (χ4v) is 2.02. The average molecular weight is 321 g/mol. The minimum atomic E-state index is -1.62. The third kappa shape index (κ3) is 4.10. The predicted molar refractivity (Wildman–Crippen MR) is 76.8 cm³/mol. The van der Waals surface area contributed by atoms with Crippen molar-refractivity contribution < 1.29 is 23.5 Å². The zero-order valence-electron chi connectivity index (χ0n) is 12.0. The van der Waals surface area contributed by atoms with Crippen LogP contribution in [0.4, 0.5) is 14.5 Å². The number of rotatable bonds is 7. The molecule has 1 aliphatic heterocycles. The Kier molecular flexibility index (Phi) is 4.69. The standard InChI is InChI=1S/C15H13F2N3O3/c1-2-3-5-15(19-20-15)6-4-12(21)18-9-7-10(14(22)23)13(17)11(16)8-9/h1,7-8H,3-6H2,(H,18,21)(H,22,23). The number of hydrogen-bond donors (Lipinski definition) is 2. The van der Waals surface area contributed by atoms with Crippen LogP contribution in [0.1, 0.15) is 36.0 Å². The molecule has 0 spiro atoms. The van der Waals surface area contributed by atoms with Gasteiger partial charge in [-0.05, 0) is 6.07 Å². The highest BCUT2D eigenvalue weighted by atomic mass is 19.2. The Labute approximate surface area is 130 Å². The molecule has 1 aliphatic rings. The van der Waals surface area contributed by atoms with E-state index in [0.29, 0.717) is 19.3 Å². The molecular weight excluding hydrogens is 308 g/mol. The first-order valence-electron chi connectivity index (χ1n) is 6.76. The number of carbonyl (C=O) groups excluding carboxylic acids is 1. The predicted octanol–water partition coefficient (Wildman–Crippen LogP) is 2.96. The number of hydrogen-bond acceptors (Lipinski definition) is 4. The monoisotopic (exact) mass is 321 g/mol. The van der Waals surface area contributed by atoms with Crippen LogP contribution in [0.25, 0.3) is 0 Å². The Balaban J connectivity index is 1.96. The third-order valence-corrected chi connectivity index (χ3v) is 3.35. The largest absolute Gasteiger partial charge is 0.478 e. The van der Waals surface area contributed by atoms with Crippen molar-refractivity contribution in [2.75, 3.05) is 5.32 Å². The summed E-state index contributed by atoms with van der Waals surface area (Å²) in [5, 5.41) is 18.9. The molecular formula is C15H13F2N3O3. The average Bonchev–Trinajstić information content (AvgIpc) is 3.27. The molecule has 0 saturated carbocycles. The van der Waals surface area contributed by atoms with E-state index in [9.17, 15) is 18.4 Å². The number of benzene rings is 1. The first kappa shape index (κ1) is 16.5. The summed E-state index contributed by atoms with van der Waals surface area (Å²) >= 11 is 0. The highest BCUT2D eigenvalue weighted by Gasteiger charge is 2.39. The van der Waals surface area contributed by atoms with E-state index < -0.39 is 34.7 Å². The number of halogens is 2. The van der Waals surface area contributed by atoms with E-state index in [2.05, 4.69) is 21.5 Å². The molecule has 2 N–H and O–H groups in total. The number of carboxylic acids is 1. The maximum atomic E-state index is 13.3.